The minimum Gasteiger partial charge on any atom is -0.497 e. The molecule has 1 aliphatic heterocycles. The van der Waals surface area contributed by atoms with Crippen molar-refractivity contribution in [3.63, 3.8) is 0 Å². The lowest BCUT2D eigenvalue weighted by molar-refractivity contribution is -0.122. The number of benzene rings is 2. The third kappa shape index (κ3) is 6.20. The molecule has 1 atom stereocenters. The molecule has 8 heteroatoms. The van der Waals surface area contributed by atoms with E-state index in [-0.39, 0.29) is 11.8 Å². The molecule has 0 bridgehead atoms. The summed E-state index contributed by atoms with van der Waals surface area (Å²) in [5, 5.41) is 6.58. The van der Waals surface area contributed by atoms with Crippen molar-refractivity contribution in [3.05, 3.63) is 48.0 Å². The van der Waals surface area contributed by atoms with E-state index in [9.17, 15) is 4.79 Å². The number of oxazole rings is 1. The first-order chi connectivity index (χ1) is 16.5. The van der Waals surface area contributed by atoms with Crippen LogP contribution in [0.15, 0.2) is 46.9 Å². The van der Waals surface area contributed by atoms with Gasteiger partial charge in [0.15, 0.2) is 5.58 Å². The van der Waals surface area contributed by atoms with E-state index >= 15 is 0 Å². The summed E-state index contributed by atoms with van der Waals surface area (Å²) in [6.45, 7) is 3.98. The summed E-state index contributed by atoms with van der Waals surface area (Å²) in [6.07, 6.45) is 2.54. The number of nitrogens with one attached hydrogen (secondary N) is 2. The molecule has 1 fully saturated rings. The van der Waals surface area contributed by atoms with Gasteiger partial charge in [0.25, 0.3) is 6.01 Å². The van der Waals surface area contributed by atoms with Crippen molar-refractivity contribution in [1.82, 2.24) is 15.2 Å². The standard InChI is InChI=1S/C26H35N5O3/c1-30(2)14-12-27-22-9-5-4-8-20(22)17-28-25(32)15-19-7-6-13-31(18-19)26-29-23-16-21(33-3)10-11-24(23)34-26/h4-5,8-11,16,19,27H,6-7,12-15,17-18H2,1-3H3,(H,28,32). The van der Waals surface area contributed by atoms with E-state index in [4.69, 9.17) is 9.15 Å². The van der Waals surface area contributed by atoms with Crippen LogP contribution >= 0.6 is 0 Å². The molecular weight excluding hydrogens is 430 g/mol. The summed E-state index contributed by atoms with van der Waals surface area (Å²) in [6, 6.07) is 14.4. The van der Waals surface area contributed by atoms with Gasteiger partial charge in [0, 0.05) is 50.9 Å². The predicted octanol–water partition coefficient (Wildman–Crippen LogP) is 3.73. The van der Waals surface area contributed by atoms with Crippen LogP contribution in [0.2, 0.25) is 0 Å². The fourth-order valence-electron chi connectivity index (χ4n) is 4.35. The zero-order chi connectivity index (χ0) is 23.9. The highest BCUT2D eigenvalue weighted by molar-refractivity contribution is 5.77. The van der Waals surface area contributed by atoms with Crippen molar-refractivity contribution in [2.24, 2.45) is 5.92 Å². The van der Waals surface area contributed by atoms with Crippen molar-refractivity contribution in [2.75, 3.05) is 57.6 Å². The number of carbonyl (C=O) groups is 1. The largest absolute Gasteiger partial charge is 0.497 e. The fraction of sp³-hybridized carbons (Fsp3) is 0.462. The minimum atomic E-state index is 0.0808. The number of anilines is 2. The van der Waals surface area contributed by atoms with Crippen LogP contribution in [0.3, 0.4) is 0 Å². The number of carbonyl (C=O) groups excluding carboxylic acids is 1. The molecular formula is C26H35N5O3. The van der Waals surface area contributed by atoms with E-state index in [1.165, 1.54) is 0 Å². The summed E-state index contributed by atoms with van der Waals surface area (Å²) in [7, 11) is 5.76. The topological polar surface area (TPSA) is 82.9 Å². The van der Waals surface area contributed by atoms with Crippen molar-refractivity contribution in [2.45, 2.75) is 25.8 Å². The maximum atomic E-state index is 12.7. The predicted molar refractivity (Wildman–Crippen MR) is 135 cm³/mol. The molecule has 0 spiro atoms. The normalized spacial score (nSPS) is 16.1. The second-order valence-electron chi connectivity index (χ2n) is 9.15. The first-order valence-electron chi connectivity index (χ1n) is 11.9. The summed E-state index contributed by atoms with van der Waals surface area (Å²) in [5.41, 5.74) is 3.70. The molecule has 182 valence electrons. The smallest absolute Gasteiger partial charge is 0.298 e. The molecule has 2 aromatic carbocycles. The first kappa shape index (κ1) is 23.9. The number of nitrogens with zero attached hydrogens (tertiary/aromatic N) is 3. The van der Waals surface area contributed by atoms with Gasteiger partial charge in [0.1, 0.15) is 11.3 Å². The molecule has 8 nitrogen and oxygen atoms in total. The number of para-hydroxylation sites is 1. The Bertz CT molecular complexity index is 1100. The Kier molecular flexibility index (Phi) is 7.90. The van der Waals surface area contributed by atoms with Crippen LogP contribution in [0.25, 0.3) is 11.1 Å². The van der Waals surface area contributed by atoms with E-state index in [1.54, 1.807) is 7.11 Å². The number of fused-ring (bicyclic) bond motifs is 1. The second-order valence-corrected chi connectivity index (χ2v) is 9.15. The number of amides is 1. The van der Waals surface area contributed by atoms with Crippen LogP contribution in [-0.4, -0.2) is 63.2 Å². The van der Waals surface area contributed by atoms with Gasteiger partial charge < -0.3 is 29.6 Å². The molecule has 1 aliphatic rings. The Hall–Kier alpha value is -3.26. The third-order valence-electron chi connectivity index (χ3n) is 6.21. The van der Waals surface area contributed by atoms with E-state index in [2.05, 4.69) is 51.6 Å². The average molecular weight is 466 g/mol. The molecule has 0 aliphatic carbocycles. The summed E-state index contributed by atoms with van der Waals surface area (Å²) >= 11 is 0. The summed E-state index contributed by atoms with van der Waals surface area (Å²) in [5.74, 6) is 1.11. The molecule has 3 aromatic rings. The average Bonchev–Trinajstić information content (AvgIpc) is 3.27. The number of likely N-dealkylation sites (N-methyl/N-ethyl adjacent to an activating group) is 1. The quantitative estimate of drug-likeness (QED) is 0.472. The lowest BCUT2D eigenvalue weighted by atomic mass is 9.94. The van der Waals surface area contributed by atoms with Gasteiger partial charge in [-0.15, -0.1) is 0 Å². The Morgan fingerprint density at radius 2 is 2.12 bits per heavy atom. The van der Waals surface area contributed by atoms with Gasteiger partial charge in [-0.25, -0.2) is 0 Å². The third-order valence-corrected chi connectivity index (χ3v) is 6.21. The molecule has 34 heavy (non-hydrogen) atoms. The molecule has 0 radical (unpaired) electrons. The number of piperidine rings is 1. The lowest BCUT2D eigenvalue weighted by Crippen LogP contribution is -2.38. The van der Waals surface area contributed by atoms with Gasteiger partial charge in [-0.2, -0.15) is 4.98 Å². The van der Waals surface area contributed by atoms with Gasteiger partial charge in [0.05, 0.1) is 7.11 Å². The number of methoxy groups -OCH3 is 1. The van der Waals surface area contributed by atoms with Crippen LogP contribution in [0.4, 0.5) is 11.7 Å². The highest BCUT2D eigenvalue weighted by Crippen LogP contribution is 2.29. The van der Waals surface area contributed by atoms with Gasteiger partial charge in [0.2, 0.25) is 5.91 Å². The number of aromatic nitrogens is 1. The molecule has 1 unspecified atom stereocenters. The van der Waals surface area contributed by atoms with Gasteiger partial charge in [-0.05, 0) is 56.6 Å². The minimum absolute atomic E-state index is 0.0808. The number of hydrogen-bond acceptors (Lipinski definition) is 7. The zero-order valence-electron chi connectivity index (χ0n) is 20.3. The number of hydrogen-bond donors (Lipinski definition) is 2. The van der Waals surface area contributed by atoms with Crippen molar-refractivity contribution in [3.8, 4) is 5.75 Å². The second kappa shape index (κ2) is 11.2. The van der Waals surface area contributed by atoms with E-state index in [0.717, 1.165) is 67.1 Å². The molecule has 2 N–H and O–H groups in total. The summed E-state index contributed by atoms with van der Waals surface area (Å²) < 4.78 is 11.3. The van der Waals surface area contributed by atoms with E-state index in [0.29, 0.717) is 19.0 Å². The molecule has 1 amide bonds. The van der Waals surface area contributed by atoms with Gasteiger partial charge >= 0.3 is 0 Å². The fourth-order valence-corrected chi connectivity index (χ4v) is 4.35. The Labute approximate surface area is 201 Å². The van der Waals surface area contributed by atoms with Crippen LogP contribution < -0.4 is 20.3 Å². The van der Waals surface area contributed by atoms with Crippen LogP contribution in [0, 0.1) is 5.92 Å². The highest BCUT2D eigenvalue weighted by Gasteiger charge is 2.25. The van der Waals surface area contributed by atoms with Crippen LogP contribution in [0.5, 0.6) is 5.75 Å². The number of rotatable bonds is 10. The van der Waals surface area contributed by atoms with E-state index in [1.807, 2.05) is 30.3 Å². The van der Waals surface area contributed by atoms with Crippen LogP contribution in [0.1, 0.15) is 24.8 Å². The Morgan fingerprint density at radius 1 is 1.26 bits per heavy atom. The van der Waals surface area contributed by atoms with E-state index < -0.39 is 0 Å². The van der Waals surface area contributed by atoms with Crippen molar-refractivity contribution >= 4 is 28.7 Å². The first-order valence-corrected chi connectivity index (χ1v) is 11.9. The van der Waals surface area contributed by atoms with Crippen LogP contribution in [-0.2, 0) is 11.3 Å². The molecule has 4 rings (SSSR count). The maximum absolute atomic E-state index is 12.7. The van der Waals surface area contributed by atoms with Crippen molar-refractivity contribution in [1.29, 1.82) is 0 Å². The zero-order valence-corrected chi connectivity index (χ0v) is 20.3. The van der Waals surface area contributed by atoms with Gasteiger partial charge in [-0.3, -0.25) is 4.79 Å². The Balaban J connectivity index is 1.30. The highest BCUT2D eigenvalue weighted by atomic mass is 16.5. The Morgan fingerprint density at radius 3 is 2.94 bits per heavy atom. The monoisotopic (exact) mass is 465 g/mol. The lowest BCUT2D eigenvalue weighted by Gasteiger charge is -2.31. The SMILES string of the molecule is COc1ccc2oc(N3CCCC(CC(=O)NCc4ccccc4NCCN(C)C)C3)nc2c1. The van der Waals surface area contributed by atoms with Gasteiger partial charge in [-0.1, -0.05) is 18.2 Å². The molecule has 2 heterocycles. The number of ether oxygens (including phenoxy) is 1. The molecule has 1 saturated heterocycles. The van der Waals surface area contributed by atoms with Crippen molar-refractivity contribution < 1.29 is 13.9 Å². The molecule has 1 aromatic heterocycles. The maximum Gasteiger partial charge on any atom is 0.298 e. The summed E-state index contributed by atoms with van der Waals surface area (Å²) in [4.78, 5) is 21.7. The molecule has 0 saturated carbocycles.